The van der Waals surface area contributed by atoms with Crippen molar-refractivity contribution in [2.75, 3.05) is 5.32 Å². The van der Waals surface area contributed by atoms with Gasteiger partial charge >= 0.3 is 0 Å². The lowest BCUT2D eigenvalue weighted by atomic mass is 9.94. The van der Waals surface area contributed by atoms with E-state index in [1.165, 1.54) is 5.39 Å². The van der Waals surface area contributed by atoms with Crippen LogP contribution in [0.25, 0.3) is 16.5 Å². The molecule has 0 amide bonds. The lowest BCUT2D eigenvalue weighted by Crippen LogP contribution is -2.12. The van der Waals surface area contributed by atoms with Crippen molar-refractivity contribution >= 4 is 22.2 Å². The van der Waals surface area contributed by atoms with Crippen LogP contribution in [0, 0.1) is 0 Å². The van der Waals surface area contributed by atoms with Gasteiger partial charge in [0.2, 0.25) is 0 Å². The molecule has 0 saturated heterocycles. The predicted molar refractivity (Wildman–Crippen MR) is 104 cm³/mol. The van der Waals surface area contributed by atoms with E-state index in [0.717, 1.165) is 27.9 Å². The molecule has 0 spiro atoms. The number of pyridine rings is 1. The highest BCUT2D eigenvalue weighted by atomic mass is 14.9. The molecule has 3 heteroatoms. The van der Waals surface area contributed by atoms with Crippen molar-refractivity contribution in [3.05, 3.63) is 103 Å². The van der Waals surface area contributed by atoms with Gasteiger partial charge in [-0.25, -0.2) is 0 Å². The van der Waals surface area contributed by atoms with Crippen LogP contribution in [0.2, 0.25) is 0 Å². The van der Waals surface area contributed by atoms with Crippen molar-refractivity contribution in [2.24, 2.45) is 0 Å². The van der Waals surface area contributed by atoms with Gasteiger partial charge in [0.1, 0.15) is 0 Å². The number of para-hydroxylation sites is 2. The first-order valence-corrected chi connectivity index (χ1v) is 8.30. The summed E-state index contributed by atoms with van der Waals surface area (Å²) in [6.45, 7) is 4.41. The second kappa shape index (κ2) is 6.65. The van der Waals surface area contributed by atoms with Crippen molar-refractivity contribution in [2.45, 2.75) is 6.04 Å². The van der Waals surface area contributed by atoms with Crippen LogP contribution in [0.4, 0.5) is 5.69 Å². The maximum Gasteiger partial charge on any atom is 0.0783 e. The SMILES string of the molecule is C=C(c1c[nH]c2ccccc12)C(Nc1ccccc1)c1cccnc1. The highest BCUT2D eigenvalue weighted by molar-refractivity contribution is 5.93. The zero-order valence-electron chi connectivity index (χ0n) is 13.8. The van der Waals surface area contributed by atoms with Crippen LogP contribution in [-0.4, -0.2) is 9.97 Å². The number of nitrogens with one attached hydrogen (secondary N) is 2. The standard InChI is InChI=1S/C22H19N3/c1-16(20-15-24-21-12-6-5-11-19(20)21)22(17-8-7-13-23-14-17)25-18-9-3-2-4-10-18/h2-15,22,24-25H,1H2. The predicted octanol–water partition coefficient (Wildman–Crippen LogP) is 5.43. The van der Waals surface area contributed by atoms with Crippen molar-refractivity contribution in [1.82, 2.24) is 9.97 Å². The maximum atomic E-state index is 4.41. The molecule has 2 aromatic heterocycles. The molecule has 0 saturated carbocycles. The molecular weight excluding hydrogens is 306 g/mol. The molecule has 0 radical (unpaired) electrons. The molecule has 0 aliphatic carbocycles. The summed E-state index contributed by atoms with van der Waals surface area (Å²) in [6.07, 6.45) is 5.71. The highest BCUT2D eigenvalue weighted by Crippen LogP contribution is 2.35. The summed E-state index contributed by atoms with van der Waals surface area (Å²) in [6, 6.07) is 22.4. The number of aromatic nitrogens is 2. The molecule has 0 aliphatic heterocycles. The molecule has 0 fully saturated rings. The molecule has 1 unspecified atom stereocenters. The number of rotatable bonds is 5. The van der Waals surface area contributed by atoms with Crippen molar-refractivity contribution in [1.29, 1.82) is 0 Å². The van der Waals surface area contributed by atoms with Crippen LogP contribution >= 0.6 is 0 Å². The fourth-order valence-electron chi connectivity index (χ4n) is 3.11. The van der Waals surface area contributed by atoms with E-state index in [1.54, 1.807) is 6.20 Å². The summed E-state index contributed by atoms with van der Waals surface area (Å²) >= 11 is 0. The van der Waals surface area contributed by atoms with Crippen molar-refractivity contribution in [3.8, 4) is 0 Å². The first-order valence-electron chi connectivity index (χ1n) is 8.30. The van der Waals surface area contributed by atoms with Gasteiger partial charge in [-0.2, -0.15) is 0 Å². The minimum absolute atomic E-state index is 0.0599. The van der Waals surface area contributed by atoms with Gasteiger partial charge in [-0.05, 0) is 35.4 Å². The molecule has 0 aliphatic rings. The van der Waals surface area contributed by atoms with Gasteiger partial charge in [-0.3, -0.25) is 4.98 Å². The van der Waals surface area contributed by atoms with Gasteiger partial charge in [0.05, 0.1) is 6.04 Å². The van der Waals surface area contributed by atoms with Crippen LogP contribution in [0.15, 0.2) is 91.9 Å². The lowest BCUT2D eigenvalue weighted by molar-refractivity contribution is 0.992. The van der Waals surface area contributed by atoms with Crippen LogP contribution in [0.3, 0.4) is 0 Å². The number of hydrogen-bond acceptors (Lipinski definition) is 2. The lowest BCUT2D eigenvalue weighted by Gasteiger charge is -2.22. The van der Waals surface area contributed by atoms with Crippen LogP contribution < -0.4 is 5.32 Å². The molecule has 2 aromatic carbocycles. The van der Waals surface area contributed by atoms with E-state index in [1.807, 2.05) is 42.7 Å². The Labute approximate surface area is 147 Å². The third-order valence-corrected chi connectivity index (χ3v) is 4.39. The summed E-state index contributed by atoms with van der Waals surface area (Å²) in [5.74, 6) is 0. The van der Waals surface area contributed by atoms with Gasteiger partial charge < -0.3 is 10.3 Å². The van der Waals surface area contributed by atoms with Crippen LogP contribution in [0.5, 0.6) is 0 Å². The Bertz CT molecular complexity index is 987. The second-order valence-corrected chi connectivity index (χ2v) is 6.00. The average Bonchev–Trinajstić information content (AvgIpc) is 3.11. The number of nitrogens with zero attached hydrogens (tertiary/aromatic N) is 1. The normalized spacial score (nSPS) is 12.0. The Hall–Kier alpha value is -3.33. The Morgan fingerprint density at radius 3 is 2.56 bits per heavy atom. The Morgan fingerprint density at radius 1 is 0.960 bits per heavy atom. The summed E-state index contributed by atoms with van der Waals surface area (Å²) in [5, 5.41) is 4.77. The van der Waals surface area contributed by atoms with Gasteiger partial charge in [-0.1, -0.05) is 49.0 Å². The number of benzene rings is 2. The summed E-state index contributed by atoms with van der Waals surface area (Å²) in [7, 11) is 0. The van der Waals surface area contributed by atoms with Gasteiger partial charge in [0, 0.05) is 40.7 Å². The van der Waals surface area contributed by atoms with Gasteiger partial charge in [-0.15, -0.1) is 0 Å². The summed E-state index contributed by atoms with van der Waals surface area (Å²) in [5.41, 5.74) is 5.38. The van der Waals surface area contributed by atoms with Crippen LogP contribution in [-0.2, 0) is 0 Å². The van der Waals surface area contributed by atoms with Crippen molar-refractivity contribution < 1.29 is 0 Å². The van der Waals surface area contributed by atoms with Crippen LogP contribution in [0.1, 0.15) is 17.2 Å². The second-order valence-electron chi connectivity index (χ2n) is 6.00. The van der Waals surface area contributed by atoms with E-state index in [2.05, 4.69) is 58.3 Å². The molecular formula is C22H19N3. The largest absolute Gasteiger partial charge is 0.374 e. The smallest absolute Gasteiger partial charge is 0.0783 e. The zero-order valence-corrected chi connectivity index (χ0v) is 13.8. The Morgan fingerprint density at radius 2 is 1.76 bits per heavy atom. The monoisotopic (exact) mass is 325 g/mol. The molecule has 122 valence electrons. The Kier molecular flexibility index (Phi) is 4.05. The number of aromatic amines is 1. The maximum absolute atomic E-state index is 4.41. The fourth-order valence-corrected chi connectivity index (χ4v) is 3.11. The van der Waals surface area contributed by atoms with E-state index < -0.39 is 0 Å². The molecule has 0 bridgehead atoms. The third-order valence-electron chi connectivity index (χ3n) is 4.39. The topological polar surface area (TPSA) is 40.7 Å². The number of hydrogen-bond donors (Lipinski definition) is 2. The van der Waals surface area contributed by atoms with E-state index in [0.29, 0.717) is 0 Å². The third kappa shape index (κ3) is 3.04. The minimum Gasteiger partial charge on any atom is -0.374 e. The van der Waals surface area contributed by atoms with E-state index >= 15 is 0 Å². The van der Waals surface area contributed by atoms with Gasteiger partial charge in [0.15, 0.2) is 0 Å². The van der Waals surface area contributed by atoms with Gasteiger partial charge in [0.25, 0.3) is 0 Å². The summed E-state index contributed by atoms with van der Waals surface area (Å²) in [4.78, 5) is 7.62. The highest BCUT2D eigenvalue weighted by Gasteiger charge is 2.19. The molecule has 1 atom stereocenters. The number of H-pyrrole nitrogens is 1. The number of fused-ring (bicyclic) bond motifs is 1. The molecule has 2 N–H and O–H groups in total. The van der Waals surface area contributed by atoms with E-state index in [-0.39, 0.29) is 6.04 Å². The molecule has 4 aromatic rings. The Balaban J connectivity index is 1.76. The molecule has 2 heterocycles. The molecule has 4 rings (SSSR count). The minimum atomic E-state index is -0.0599. The van der Waals surface area contributed by atoms with Crippen molar-refractivity contribution in [3.63, 3.8) is 0 Å². The average molecular weight is 325 g/mol. The van der Waals surface area contributed by atoms with E-state index in [9.17, 15) is 0 Å². The fraction of sp³-hybridized carbons (Fsp3) is 0.0455. The quantitative estimate of drug-likeness (QED) is 0.514. The summed E-state index contributed by atoms with van der Waals surface area (Å²) < 4.78 is 0. The first-order chi connectivity index (χ1) is 12.3. The van der Waals surface area contributed by atoms with E-state index in [4.69, 9.17) is 0 Å². The zero-order chi connectivity index (χ0) is 17.1. The molecule has 3 nitrogen and oxygen atoms in total. The number of anilines is 1. The first kappa shape index (κ1) is 15.2. The molecule has 25 heavy (non-hydrogen) atoms.